The predicted molar refractivity (Wildman–Crippen MR) is 99.3 cm³/mol. The minimum absolute atomic E-state index is 0.0416. The molecule has 140 valence electrons. The Balaban J connectivity index is 2.18. The summed E-state index contributed by atoms with van der Waals surface area (Å²) < 4.78 is 29.8. The van der Waals surface area contributed by atoms with E-state index in [-0.39, 0.29) is 24.6 Å². The lowest BCUT2D eigenvalue weighted by atomic mass is 10.1. The van der Waals surface area contributed by atoms with Gasteiger partial charge in [0.05, 0.1) is 4.91 Å². The molecule has 26 heavy (non-hydrogen) atoms. The van der Waals surface area contributed by atoms with Crippen molar-refractivity contribution in [3.05, 3.63) is 33.7 Å². The molecular formula is C17H17F2NO4S2. The fraction of sp³-hybridized carbons (Fsp3) is 0.353. The molecule has 1 fully saturated rings. The van der Waals surface area contributed by atoms with Crippen LogP contribution in [0.1, 0.15) is 29.5 Å². The first kappa shape index (κ1) is 20.3. The normalized spacial score (nSPS) is 16.0. The van der Waals surface area contributed by atoms with Crippen molar-refractivity contribution >= 4 is 46.3 Å². The first-order chi connectivity index (χ1) is 12.2. The van der Waals surface area contributed by atoms with Gasteiger partial charge in [0, 0.05) is 13.0 Å². The molecule has 1 N–H and O–H groups in total. The van der Waals surface area contributed by atoms with Crippen LogP contribution in [-0.4, -0.2) is 39.4 Å². The third kappa shape index (κ3) is 5.01. The number of nitrogens with zero attached hydrogens (tertiary/aromatic N) is 1. The summed E-state index contributed by atoms with van der Waals surface area (Å²) in [5.74, 6) is -1.09. The molecule has 1 aromatic carbocycles. The van der Waals surface area contributed by atoms with Crippen molar-refractivity contribution in [3.8, 4) is 5.75 Å². The number of ether oxygens (including phenoxy) is 1. The Morgan fingerprint density at radius 3 is 2.54 bits per heavy atom. The largest absolute Gasteiger partial charge is 0.481 e. The number of hydrogen-bond acceptors (Lipinski definition) is 5. The van der Waals surface area contributed by atoms with E-state index in [1.807, 2.05) is 0 Å². The summed E-state index contributed by atoms with van der Waals surface area (Å²) in [5, 5.41) is 8.68. The van der Waals surface area contributed by atoms with E-state index in [4.69, 9.17) is 17.3 Å². The van der Waals surface area contributed by atoms with E-state index in [9.17, 15) is 18.4 Å². The monoisotopic (exact) mass is 401 g/mol. The number of thiocarbonyl (C=S) groups is 1. The van der Waals surface area contributed by atoms with E-state index in [1.54, 1.807) is 32.1 Å². The lowest BCUT2D eigenvalue weighted by molar-refractivity contribution is -0.137. The summed E-state index contributed by atoms with van der Waals surface area (Å²) in [6.45, 7) is 0.645. The molecule has 1 aliphatic rings. The average molecular weight is 401 g/mol. The first-order valence-corrected chi connectivity index (χ1v) is 8.94. The zero-order valence-electron chi connectivity index (χ0n) is 14.1. The van der Waals surface area contributed by atoms with E-state index in [0.717, 1.165) is 11.8 Å². The SMILES string of the molecule is Cc1cc(/C=C2\SC(=S)N(CCCC(=O)O)C2=O)cc(C)c1OC(F)F. The molecule has 1 saturated heterocycles. The van der Waals surface area contributed by atoms with Crippen LogP contribution >= 0.6 is 24.0 Å². The van der Waals surface area contributed by atoms with Gasteiger partial charge < -0.3 is 9.84 Å². The van der Waals surface area contributed by atoms with Gasteiger partial charge in [-0.3, -0.25) is 14.5 Å². The summed E-state index contributed by atoms with van der Waals surface area (Å²) in [6, 6.07) is 3.31. The first-order valence-electron chi connectivity index (χ1n) is 7.72. The maximum atomic E-state index is 12.5. The quantitative estimate of drug-likeness (QED) is 0.551. The van der Waals surface area contributed by atoms with Crippen LogP contribution in [0.2, 0.25) is 0 Å². The van der Waals surface area contributed by atoms with Gasteiger partial charge in [-0.1, -0.05) is 24.0 Å². The van der Waals surface area contributed by atoms with Gasteiger partial charge >= 0.3 is 12.6 Å². The lowest BCUT2D eigenvalue weighted by Gasteiger charge is -2.13. The van der Waals surface area contributed by atoms with Gasteiger partial charge in [-0.2, -0.15) is 8.78 Å². The Kier molecular flexibility index (Phi) is 6.71. The van der Waals surface area contributed by atoms with Crippen LogP contribution in [0.4, 0.5) is 8.78 Å². The van der Waals surface area contributed by atoms with Crippen molar-refractivity contribution in [2.45, 2.75) is 33.3 Å². The maximum Gasteiger partial charge on any atom is 0.387 e. The number of carbonyl (C=O) groups is 2. The van der Waals surface area contributed by atoms with Crippen LogP contribution in [0, 0.1) is 13.8 Å². The number of hydrogen-bond donors (Lipinski definition) is 1. The number of carboxylic acid groups (broad SMARTS) is 1. The van der Waals surface area contributed by atoms with Gasteiger partial charge in [-0.05, 0) is 55.2 Å². The van der Waals surface area contributed by atoms with Gasteiger partial charge in [0.2, 0.25) is 0 Å². The molecule has 0 aliphatic carbocycles. The summed E-state index contributed by atoms with van der Waals surface area (Å²) >= 11 is 6.32. The standard InChI is InChI=1S/C17H17F2NO4S2/c1-9-6-11(7-10(2)14(9)24-16(18)19)8-12-15(23)20(17(25)26-12)5-3-4-13(21)22/h6-8,16H,3-5H2,1-2H3,(H,21,22)/b12-8-. The molecule has 0 unspecified atom stereocenters. The fourth-order valence-electron chi connectivity index (χ4n) is 2.57. The maximum absolute atomic E-state index is 12.5. The van der Waals surface area contributed by atoms with Crippen molar-refractivity contribution in [1.29, 1.82) is 0 Å². The third-order valence-corrected chi connectivity index (χ3v) is 5.01. The Morgan fingerprint density at radius 1 is 1.38 bits per heavy atom. The summed E-state index contributed by atoms with van der Waals surface area (Å²) in [7, 11) is 0. The van der Waals surface area contributed by atoms with E-state index in [1.165, 1.54) is 4.90 Å². The number of carboxylic acids is 1. The van der Waals surface area contributed by atoms with Crippen LogP contribution in [0.25, 0.3) is 6.08 Å². The van der Waals surface area contributed by atoms with Crippen molar-refractivity contribution in [1.82, 2.24) is 4.90 Å². The van der Waals surface area contributed by atoms with E-state index in [2.05, 4.69) is 4.74 Å². The minimum Gasteiger partial charge on any atom is -0.481 e. The number of halogens is 2. The van der Waals surface area contributed by atoms with Crippen LogP contribution < -0.4 is 4.74 Å². The fourth-order valence-corrected chi connectivity index (χ4v) is 3.88. The van der Waals surface area contributed by atoms with E-state index < -0.39 is 12.6 Å². The van der Waals surface area contributed by atoms with Gasteiger partial charge in [-0.15, -0.1) is 0 Å². The highest BCUT2D eigenvalue weighted by molar-refractivity contribution is 8.26. The second-order valence-electron chi connectivity index (χ2n) is 5.69. The smallest absolute Gasteiger partial charge is 0.387 e. The lowest BCUT2D eigenvalue weighted by Crippen LogP contribution is -2.29. The van der Waals surface area contributed by atoms with Crippen molar-refractivity contribution < 1.29 is 28.2 Å². The minimum atomic E-state index is -2.90. The van der Waals surface area contributed by atoms with Crippen LogP contribution in [0.5, 0.6) is 5.75 Å². The number of thioether (sulfide) groups is 1. The van der Waals surface area contributed by atoms with Crippen molar-refractivity contribution in [2.24, 2.45) is 0 Å². The highest BCUT2D eigenvalue weighted by atomic mass is 32.2. The molecule has 1 heterocycles. The number of carbonyl (C=O) groups excluding carboxylic acids is 1. The molecule has 0 aromatic heterocycles. The zero-order valence-corrected chi connectivity index (χ0v) is 15.8. The number of aryl methyl sites for hydroxylation is 2. The molecule has 2 rings (SSSR count). The highest BCUT2D eigenvalue weighted by Gasteiger charge is 2.31. The third-order valence-electron chi connectivity index (χ3n) is 3.63. The Bertz CT molecular complexity index is 757. The second-order valence-corrected chi connectivity index (χ2v) is 7.37. The van der Waals surface area contributed by atoms with Gasteiger partial charge in [0.1, 0.15) is 10.1 Å². The number of alkyl halides is 2. The molecule has 5 nitrogen and oxygen atoms in total. The predicted octanol–water partition coefficient (Wildman–Crippen LogP) is 3.97. The molecular weight excluding hydrogens is 384 g/mol. The zero-order chi connectivity index (χ0) is 19.4. The topological polar surface area (TPSA) is 66.8 Å². The Hall–Kier alpha value is -2.00. The van der Waals surface area contributed by atoms with E-state index >= 15 is 0 Å². The van der Waals surface area contributed by atoms with Gasteiger partial charge in [-0.25, -0.2) is 0 Å². The van der Waals surface area contributed by atoms with Crippen molar-refractivity contribution in [3.63, 3.8) is 0 Å². The summed E-state index contributed by atoms with van der Waals surface area (Å²) in [6.07, 6.45) is 1.91. The molecule has 1 amide bonds. The van der Waals surface area contributed by atoms with Crippen LogP contribution in [0.15, 0.2) is 17.0 Å². The number of amides is 1. The number of benzene rings is 1. The highest BCUT2D eigenvalue weighted by Crippen LogP contribution is 2.34. The second kappa shape index (κ2) is 8.59. The van der Waals surface area contributed by atoms with E-state index in [0.29, 0.717) is 32.3 Å². The summed E-state index contributed by atoms with van der Waals surface area (Å²) in [5.41, 5.74) is 1.75. The molecule has 9 heteroatoms. The Labute approximate surface area is 159 Å². The molecule has 0 atom stereocenters. The van der Waals surface area contributed by atoms with Crippen molar-refractivity contribution in [2.75, 3.05) is 6.54 Å². The van der Waals surface area contributed by atoms with Crippen LogP contribution in [0.3, 0.4) is 0 Å². The molecule has 0 saturated carbocycles. The van der Waals surface area contributed by atoms with Gasteiger partial charge in [0.15, 0.2) is 0 Å². The average Bonchev–Trinajstić information content (AvgIpc) is 2.78. The molecule has 1 aliphatic heterocycles. The molecule has 0 radical (unpaired) electrons. The number of rotatable bonds is 7. The molecule has 1 aromatic rings. The summed E-state index contributed by atoms with van der Waals surface area (Å²) in [4.78, 5) is 24.8. The van der Waals surface area contributed by atoms with Crippen LogP contribution in [-0.2, 0) is 9.59 Å². The van der Waals surface area contributed by atoms with Gasteiger partial charge in [0.25, 0.3) is 5.91 Å². The molecule has 0 spiro atoms. The number of aliphatic carboxylic acids is 1. The Morgan fingerprint density at radius 2 is 2.00 bits per heavy atom. The molecule has 0 bridgehead atoms.